The predicted octanol–water partition coefficient (Wildman–Crippen LogP) is 0.712. The number of nitrogens with one attached hydrogen (secondary N) is 1. The van der Waals surface area contributed by atoms with Gasteiger partial charge in [0.15, 0.2) is 0 Å². The summed E-state index contributed by atoms with van der Waals surface area (Å²) in [4.78, 5) is 22.2. The van der Waals surface area contributed by atoms with Crippen LogP contribution in [0.4, 0.5) is 0 Å². The fraction of sp³-hybridized carbons (Fsp3) is 0.800. The van der Waals surface area contributed by atoms with Crippen LogP contribution in [0.25, 0.3) is 0 Å². The van der Waals surface area contributed by atoms with Crippen molar-refractivity contribution in [2.24, 2.45) is 11.8 Å². The molecule has 0 radical (unpaired) electrons. The summed E-state index contributed by atoms with van der Waals surface area (Å²) >= 11 is 0. The first-order chi connectivity index (χ1) is 6.63. The van der Waals surface area contributed by atoms with Gasteiger partial charge in [0.2, 0.25) is 5.91 Å². The molecule has 1 heterocycles. The molecule has 0 aliphatic carbocycles. The summed E-state index contributed by atoms with van der Waals surface area (Å²) in [5.74, 6) is 0.142. The SMILES string of the molecule is COC(=O)C(C)CC1CCNC(=O)C1. The van der Waals surface area contributed by atoms with Crippen LogP contribution in [0.5, 0.6) is 0 Å². The molecule has 1 fully saturated rings. The average Bonchev–Trinajstić information content (AvgIpc) is 2.16. The van der Waals surface area contributed by atoms with E-state index in [1.165, 1.54) is 7.11 Å². The van der Waals surface area contributed by atoms with Crippen LogP contribution in [0.15, 0.2) is 0 Å². The molecular formula is C10H17NO3. The monoisotopic (exact) mass is 199 g/mol. The van der Waals surface area contributed by atoms with E-state index in [4.69, 9.17) is 0 Å². The molecule has 0 aromatic heterocycles. The van der Waals surface area contributed by atoms with E-state index in [9.17, 15) is 9.59 Å². The van der Waals surface area contributed by atoms with Gasteiger partial charge < -0.3 is 10.1 Å². The van der Waals surface area contributed by atoms with E-state index in [1.54, 1.807) is 0 Å². The zero-order valence-corrected chi connectivity index (χ0v) is 8.71. The molecule has 1 rings (SSSR count). The van der Waals surface area contributed by atoms with Crippen LogP contribution in [-0.2, 0) is 14.3 Å². The van der Waals surface area contributed by atoms with Crippen molar-refractivity contribution in [1.29, 1.82) is 0 Å². The normalized spacial score (nSPS) is 23.9. The van der Waals surface area contributed by atoms with Gasteiger partial charge in [0, 0.05) is 13.0 Å². The molecule has 80 valence electrons. The van der Waals surface area contributed by atoms with Gasteiger partial charge in [-0.25, -0.2) is 0 Å². The van der Waals surface area contributed by atoms with Crippen molar-refractivity contribution in [2.75, 3.05) is 13.7 Å². The second-order valence-electron chi connectivity index (χ2n) is 3.87. The largest absolute Gasteiger partial charge is 0.469 e. The molecule has 1 aliphatic heterocycles. The van der Waals surface area contributed by atoms with Crippen molar-refractivity contribution < 1.29 is 14.3 Å². The number of methoxy groups -OCH3 is 1. The van der Waals surface area contributed by atoms with Gasteiger partial charge in [-0.2, -0.15) is 0 Å². The number of amides is 1. The minimum Gasteiger partial charge on any atom is -0.469 e. The number of hydrogen-bond acceptors (Lipinski definition) is 3. The quantitative estimate of drug-likeness (QED) is 0.681. The Balaban J connectivity index is 2.35. The van der Waals surface area contributed by atoms with Gasteiger partial charge in [-0.1, -0.05) is 6.92 Å². The highest BCUT2D eigenvalue weighted by molar-refractivity contribution is 5.77. The summed E-state index contributed by atoms with van der Waals surface area (Å²) in [6.45, 7) is 2.58. The highest BCUT2D eigenvalue weighted by atomic mass is 16.5. The lowest BCUT2D eigenvalue weighted by Gasteiger charge is -2.23. The number of carbonyl (C=O) groups is 2. The molecule has 0 bridgehead atoms. The van der Waals surface area contributed by atoms with Crippen LogP contribution in [-0.4, -0.2) is 25.5 Å². The highest BCUT2D eigenvalue weighted by Gasteiger charge is 2.24. The zero-order chi connectivity index (χ0) is 10.6. The molecule has 1 amide bonds. The van der Waals surface area contributed by atoms with Crippen LogP contribution >= 0.6 is 0 Å². The van der Waals surface area contributed by atoms with E-state index in [0.29, 0.717) is 12.3 Å². The van der Waals surface area contributed by atoms with Gasteiger partial charge in [0.25, 0.3) is 0 Å². The lowest BCUT2D eigenvalue weighted by atomic mass is 9.88. The van der Waals surface area contributed by atoms with Crippen molar-refractivity contribution >= 4 is 11.9 Å². The first-order valence-corrected chi connectivity index (χ1v) is 4.98. The van der Waals surface area contributed by atoms with E-state index in [1.807, 2.05) is 6.92 Å². The molecule has 2 atom stereocenters. The van der Waals surface area contributed by atoms with Crippen molar-refractivity contribution in [3.8, 4) is 0 Å². The summed E-state index contributed by atoms with van der Waals surface area (Å²) in [5, 5.41) is 2.77. The topological polar surface area (TPSA) is 55.4 Å². The molecule has 1 N–H and O–H groups in total. The van der Waals surface area contributed by atoms with Gasteiger partial charge in [0.1, 0.15) is 0 Å². The Morgan fingerprint density at radius 1 is 1.71 bits per heavy atom. The van der Waals surface area contributed by atoms with Crippen LogP contribution in [0.2, 0.25) is 0 Å². The Morgan fingerprint density at radius 2 is 2.43 bits per heavy atom. The lowest BCUT2D eigenvalue weighted by Crippen LogP contribution is -2.34. The van der Waals surface area contributed by atoms with Gasteiger partial charge in [-0.05, 0) is 18.8 Å². The fourth-order valence-corrected chi connectivity index (χ4v) is 1.85. The second-order valence-corrected chi connectivity index (χ2v) is 3.87. The average molecular weight is 199 g/mol. The summed E-state index contributed by atoms with van der Waals surface area (Å²) < 4.78 is 4.64. The van der Waals surface area contributed by atoms with Crippen LogP contribution < -0.4 is 5.32 Å². The number of carbonyl (C=O) groups excluding carboxylic acids is 2. The molecule has 0 spiro atoms. The standard InChI is InChI=1S/C10H17NO3/c1-7(10(13)14-2)5-8-3-4-11-9(12)6-8/h7-8H,3-6H2,1-2H3,(H,11,12). The van der Waals surface area contributed by atoms with Crippen LogP contribution in [0.1, 0.15) is 26.2 Å². The third-order valence-electron chi connectivity index (χ3n) is 2.64. The van der Waals surface area contributed by atoms with Crippen LogP contribution in [0, 0.1) is 11.8 Å². The zero-order valence-electron chi connectivity index (χ0n) is 8.71. The predicted molar refractivity (Wildman–Crippen MR) is 51.5 cm³/mol. The van der Waals surface area contributed by atoms with Crippen molar-refractivity contribution in [3.05, 3.63) is 0 Å². The molecular weight excluding hydrogens is 182 g/mol. The Morgan fingerprint density at radius 3 is 3.00 bits per heavy atom. The first kappa shape index (κ1) is 11.0. The number of ether oxygens (including phenoxy) is 1. The second kappa shape index (κ2) is 4.98. The van der Waals surface area contributed by atoms with Crippen LogP contribution in [0.3, 0.4) is 0 Å². The summed E-state index contributed by atoms with van der Waals surface area (Å²) in [5.41, 5.74) is 0. The molecule has 2 unspecified atom stereocenters. The van der Waals surface area contributed by atoms with Crippen molar-refractivity contribution in [3.63, 3.8) is 0 Å². The van der Waals surface area contributed by atoms with E-state index in [0.717, 1.165) is 19.4 Å². The summed E-state index contributed by atoms with van der Waals surface area (Å²) in [6, 6.07) is 0. The van der Waals surface area contributed by atoms with Gasteiger partial charge in [0.05, 0.1) is 13.0 Å². The molecule has 4 heteroatoms. The summed E-state index contributed by atoms with van der Waals surface area (Å²) in [7, 11) is 1.40. The maximum atomic E-state index is 11.1. The summed E-state index contributed by atoms with van der Waals surface area (Å²) in [6.07, 6.45) is 2.26. The Kier molecular flexibility index (Phi) is 3.92. The Labute approximate surface area is 84.0 Å². The molecule has 1 aliphatic rings. The maximum absolute atomic E-state index is 11.1. The smallest absolute Gasteiger partial charge is 0.308 e. The molecule has 14 heavy (non-hydrogen) atoms. The number of piperidine rings is 1. The third kappa shape index (κ3) is 3.01. The minimum atomic E-state index is -0.184. The van der Waals surface area contributed by atoms with E-state index >= 15 is 0 Å². The van der Waals surface area contributed by atoms with E-state index in [-0.39, 0.29) is 17.8 Å². The molecule has 0 saturated carbocycles. The molecule has 0 aromatic rings. The van der Waals surface area contributed by atoms with Crippen molar-refractivity contribution in [1.82, 2.24) is 5.32 Å². The Bertz CT molecular complexity index is 227. The van der Waals surface area contributed by atoms with E-state index in [2.05, 4.69) is 10.1 Å². The fourth-order valence-electron chi connectivity index (χ4n) is 1.85. The Hall–Kier alpha value is -1.06. The third-order valence-corrected chi connectivity index (χ3v) is 2.64. The molecule has 4 nitrogen and oxygen atoms in total. The maximum Gasteiger partial charge on any atom is 0.308 e. The lowest BCUT2D eigenvalue weighted by molar-refractivity contribution is -0.145. The van der Waals surface area contributed by atoms with E-state index < -0.39 is 0 Å². The molecule has 0 aromatic carbocycles. The minimum absolute atomic E-state index is 0.0957. The van der Waals surface area contributed by atoms with Crippen molar-refractivity contribution in [2.45, 2.75) is 26.2 Å². The van der Waals surface area contributed by atoms with Gasteiger partial charge in [-0.3, -0.25) is 9.59 Å². The van der Waals surface area contributed by atoms with Gasteiger partial charge >= 0.3 is 5.97 Å². The molecule has 1 saturated heterocycles. The van der Waals surface area contributed by atoms with Gasteiger partial charge in [-0.15, -0.1) is 0 Å². The number of hydrogen-bond donors (Lipinski definition) is 1. The first-order valence-electron chi connectivity index (χ1n) is 4.98. The highest BCUT2D eigenvalue weighted by Crippen LogP contribution is 2.22. The number of esters is 1. The number of rotatable bonds is 3.